The number of hydrogen-bond donors (Lipinski definition) is 1. The molecule has 1 heterocycles. The van der Waals surface area contributed by atoms with Crippen molar-refractivity contribution in [1.82, 2.24) is 4.90 Å². The maximum absolute atomic E-state index is 12.3. The van der Waals surface area contributed by atoms with Crippen molar-refractivity contribution in [1.29, 1.82) is 0 Å². The number of allylic oxidation sites excluding steroid dienone is 2. The van der Waals surface area contributed by atoms with Crippen molar-refractivity contribution >= 4 is 5.91 Å². The number of amides is 1. The summed E-state index contributed by atoms with van der Waals surface area (Å²) in [6, 6.07) is 0.362. The highest BCUT2D eigenvalue weighted by Crippen LogP contribution is 2.26. The maximum Gasteiger partial charge on any atom is 0.226 e. The first-order valence-corrected chi connectivity index (χ1v) is 6.41. The van der Waals surface area contributed by atoms with Crippen LogP contribution in [0.5, 0.6) is 0 Å². The smallest absolute Gasteiger partial charge is 0.226 e. The molecular weight excluding hydrogens is 200 g/mol. The summed E-state index contributed by atoms with van der Waals surface area (Å²) in [5.41, 5.74) is 5.98. The lowest BCUT2D eigenvalue weighted by molar-refractivity contribution is -0.139. The van der Waals surface area contributed by atoms with Gasteiger partial charge in [-0.3, -0.25) is 4.79 Å². The second kappa shape index (κ2) is 5.00. The monoisotopic (exact) mass is 222 g/mol. The summed E-state index contributed by atoms with van der Waals surface area (Å²) in [6.45, 7) is 2.92. The van der Waals surface area contributed by atoms with Gasteiger partial charge in [0.1, 0.15) is 0 Å². The average molecular weight is 222 g/mol. The number of nitrogens with two attached hydrogens (primary N) is 1. The Labute approximate surface area is 97.7 Å². The average Bonchev–Trinajstić information content (AvgIpc) is 2.81. The molecule has 0 bridgehead atoms. The highest BCUT2D eigenvalue weighted by atomic mass is 16.2. The highest BCUT2D eigenvalue weighted by Gasteiger charge is 2.33. The van der Waals surface area contributed by atoms with Crippen LogP contribution in [0.3, 0.4) is 0 Å². The van der Waals surface area contributed by atoms with Gasteiger partial charge < -0.3 is 10.6 Å². The van der Waals surface area contributed by atoms with Crippen molar-refractivity contribution < 1.29 is 4.79 Å². The minimum atomic E-state index is 0.0959. The third-order valence-electron chi connectivity index (χ3n) is 3.80. The van der Waals surface area contributed by atoms with Gasteiger partial charge in [0.2, 0.25) is 5.91 Å². The molecule has 1 saturated heterocycles. The van der Waals surface area contributed by atoms with Gasteiger partial charge in [-0.25, -0.2) is 0 Å². The van der Waals surface area contributed by atoms with Crippen LogP contribution in [0.2, 0.25) is 0 Å². The molecule has 1 aliphatic carbocycles. The Balaban J connectivity index is 2.01. The van der Waals surface area contributed by atoms with Gasteiger partial charge in [-0.05, 0) is 39.0 Å². The van der Waals surface area contributed by atoms with Gasteiger partial charge in [0.05, 0.1) is 0 Å². The Morgan fingerprint density at radius 3 is 2.69 bits per heavy atom. The molecule has 2 N–H and O–H groups in total. The van der Waals surface area contributed by atoms with Gasteiger partial charge in [-0.1, -0.05) is 12.2 Å². The summed E-state index contributed by atoms with van der Waals surface area (Å²) in [5, 5.41) is 0. The van der Waals surface area contributed by atoms with Gasteiger partial charge >= 0.3 is 0 Å². The second-order valence-electron chi connectivity index (χ2n) is 5.09. The van der Waals surface area contributed by atoms with Crippen LogP contribution < -0.4 is 5.73 Å². The van der Waals surface area contributed by atoms with Crippen LogP contribution in [0, 0.1) is 5.92 Å². The van der Waals surface area contributed by atoms with Crippen LogP contribution in [0.1, 0.15) is 39.0 Å². The minimum Gasteiger partial charge on any atom is -0.338 e. The Kier molecular flexibility index (Phi) is 3.64. The van der Waals surface area contributed by atoms with E-state index in [4.69, 9.17) is 5.73 Å². The topological polar surface area (TPSA) is 46.3 Å². The molecule has 2 unspecified atom stereocenters. The molecule has 0 saturated carbocycles. The van der Waals surface area contributed by atoms with Crippen molar-refractivity contribution in [2.24, 2.45) is 11.7 Å². The van der Waals surface area contributed by atoms with E-state index in [1.165, 1.54) is 6.42 Å². The molecule has 0 aromatic carbocycles. The zero-order valence-corrected chi connectivity index (χ0v) is 10.1. The van der Waals surface area contributed by atoms with Crippen LogP contribution in [-0.2, 0) is 4.79 Å². The molecule has 3 nitrogen and oxygen atoms in total. The number of hydrogen-bond acceptors (Lipinski definition) is 2. The molecule has 0 radical (unpaired) electrons. The van der Waals surface area contributed by atoms with E-state index in [9.17, 15) is 4.79 Å². The number of carbonyl (C=O) groups excluding carboxylic acids is 1. The minimum absolute atomic E-state index is 0.0959. The lowest BCUT2D eigenvalue weighted by Crippen LogP contribution is -2.53. The van der Waals surface area contributed by atoms with Crippen molar-refractivity contribution in [2.45, 2.75) is 51.1 Å². The standard InChI is InChI=1S/C13H22N2O/c1-10(14)12-8-4-5-9-15(12)13(16)11-6-2-3-7-11/h2-3,10-12H,4-9,14H2,1H3. The van der Waals surface area contributed by atoms with E-state index >= 15 is 0 Å². The molecule has 2 rings (SSSR count). The van der Waals surface area contributed by atoms with E-state index in [-0.39, 0.29) is 18.0 Å². The predicted molar refractivity (Wildman–Crippen MR) is 64.9 cm³/mol. The van der Waals surface area contributed by atoms with E-state index < -0.39 is 0 Å². The highest BCUT2D eigenvalue weighted by molar-refractivity contribution is 5.80. The summed E-state index contributed by atoms with van der Waals surface area (Å²) < 4.78 is 0. The van der Waals surface area contributed by atoms with E-state index in [1.54, 1.807) is 0 Å². The third kappa shape index (κ3) is 2.29. The zero-order chi connectivity index (χ0) is 11.5. The van der Waals surface area contributed by atoms with Crippen LogP contribution in [0.4, 0.5) is 0 Å². The van der Waals surface area contributed by atoms with Crippen LogP contribution in [-0.4, -0.2) is 29.4 Å². The van der Waals surface area contributed by atoms with Crippen molar-refractivity contribution in [2.75, 3.05) is 6.54 Å². The lowest BCUT2D eigenvalue weighted by atomic mass is 9.94. The molecule has 0 aromatic heterocycles. The Bertz CT molecular complexity index is 278. The largest absolute Gasteiger partial charge is 0.338 e. The number of carbonyl (C=O) groups is 1. The molecule has 16 heavy (non-hydrogen) atoms. The summed E-state index contributed by atoms with van der Waals surface area (Å²) in [6.07, 6.45) is 9.49. The number of rotatable bonds is 2. The van der Waals surface area contributed by atoms with E-state index in [1.807, 2.05) is 11.8 Å². The fraction of sp³-hybridized carbons (Fsp3) is 0.769. The molecule has 2 aliphatic rings. The van der Waals surface area contributed by atoms with Crippen molar-refractivity contribution in [3.05, 3.63) is 12.2 Å². The van der Waals surface area contributed by atoms with E-state index in [0.29, 0.717) is 5.91 Å². The van der Waals surface area contributed by atoms with Gasteiger partial charge in [0.15, 0.2) is 0 Å². The SMILES string of the molecule is CC(N)C1CCCCN1C(=O)C1CC=CC1. The van der Waals surface area contributed by atoms with Crippen LogP contribution >= 0.6 is 0 Å². The number of likely N-dealkylation sites (tertiary alicyclic amines) is 1. The molecule has 1 amide bonds. The second-order valence-corrected chi connectivity index (χ2v) is 5.09. The van der Waals surface area contributed by atoms with Crippen LogP contribution in [0.15, 0.2) is 12.2 Å². The summed E-state index contributed by atoms with van der Waals surface area (Å²) in [7, 11) is 0. The predicted octanol–water partition coefficient (Wildman–Crippen LogP) is 1.68. The summed E-state index contributed by atoms with van der Waals surface area (Å²) >= 11 is 0. The first-order valence-electron chi connectivity index (χ1n) is 6.41. The quantitative estimate of drug-likeness (QED) is 0.723. The number of piperidine rings is 1. The van der Waals surface area contributed by atoms with Gasteiger partial charge in [-0.15, -0.1) is 0 Å². The van der Waals surface area contributed by atoms with Crippen molar-refractivity contribution in [3.8, 4) is 0 Å². The Morgan fingerprint density at radius 2 is 2.06 bits per heavy atom. The first-order chi connectivity index (χ1) is 7.70. The molecule has 0 aromatic rings. The molecule has 2 atom stereocenters. The fourth-order valence-corrected chi connectivity index (χ4v) is 2.83. The molecular formula is C13H22N2O. The first kappa shape index (κ1) is 11.6. The van der Waals surface area contributed by atoms with E-state index in [0.717, 1.165) is 32.2 Å². The Morgan fingerprint density at radius 1 is 1.38 bits per heavy atom. The van der Waals surface area contributed by atoms with Gasteiger partial charge in [0, 0.05) is 24.5 Å². The maximum atomic E-state index is 12.3. The Hall–Kier alpha value is -0.830. The normalized spacial score (nSPS) is 28.4. The molecule has 1 fully saturated rings. The third-order valence-corrected chi connectivity index (χ3v) is 3.80. The molecule has 90 valence electrons. The molecule has 3 heteroatoms. The van der Waals surface area contributed by atoms with Gasteiger partial charge in [-0.2, -0.15) is 0 Å². The fourth-order valence-electron chi connectivity index (χ4n) is 2.83. The zero-order valence-electron chi connectivity index (χ0n) is 10.1. The number of nitrogens with zero attached hydrogens (tertiary/aromatic N) is 1. The van der Waals surface area contributed by atoms with E-state index in [2.05, 4.69) is 12.2 Å². The summed E-state index contributed by atoms with van der Waals surface area (Å²) in [4.78, 5) is 14.4. The van der Waals surface area contributed by atoms with Crippen LogP contribution in [0.25, 0.3) is 0 Å². The lowest BCUT2D eigenvalue weighted by Gasteiger charge is -2.39. The van der Waals surface area contributed by atoms with Gasteiger partial charge in [0.25, 0.3) is 0 Å². The van der Waals surface area contributed by atoms with Crippen molar-refractivity contribution in [3.63, 3.8) is 0 Å². The summed E-state index contributed by atoms with van der Waals surface area (Å²) in [5.74, 6) is 0.520. The molecule has 1 aliphatic heterocycles. The molecule has 0 spiro atoms.